The molecule has 1 aromatic rings. The van der Waals surface area contributed by atoms with Crippen molar-refractivity contribution < 1.29 is 32.2 Å². The lowest BCUT2D eigenvalue weighted by Gasteiger charge is -2.26. The molecule has 0 spiro atoms. The molecule has 0 radical (unpaired) electrons. The highest BCUT2D eigenvalue weighted by atomic mass is 19.4. The monoisotopic (exact) mass is 332 g/mol. The molecule has 1 aromatic carbocycles. The van der Waals surface area contributed by atoms with E-state index in [4.69, 9.17) is 4.74 Å². The van der Waals surface area contributed by atoms with Crippen molar-refractivity contribution in [2.75, 3.05) is 38.2 Å². The number of halogens is 3. The van der Waals surface area contributed by atoms with Crippen LogP contribution in [0.15, 0.2) is 24.3 Å². The Labute approximate surface area is 130 Å². The van der Waals surface area contributed by atoms with Gasteiger partial charge in [-0.15, -0.1) is 0 Å². The predicted octanol–water partition coefficient (Wildman–Crippen LogP) is 2.27. The zero-order chi connectivity index (χ0) is 16.9. The summed E-state index contributed by atoms with van der Waals surface area (Å²) in [6, 6.07) is 5.80. The number of morpholine rings is 1. The van der Waals surface area contributed by atoms with Crippen LogP contribution in [-0.2, 0) is 9.47 Å². The number of ether oxygens (including phenoxy) is 2. The summed E-state index contributed by atoms with van der Waals surface area (Å²) >= 11 is 0. The van der Waals surface area contributed by atoms with Crippen molar-refractivity contribution in [3.63, 3.8) is 0 Å². The minimum atomic E-state index is -4.58. The first-order valence-electron chi connectivity index (χ1n) is 6.83. The second-order valence-electron chi connectivity index (χ2n) is 4.80. The molecule has 126 valence electrons. The van der Waals surface area contributed by atoms with Crippen LogP contribution < -0.4 is 5.32 Å². The van der Waals surface area contributed by atoms with E-state index in [1.54, 1.807) is 4.90 Å². The van der Waals surface area contributed by atoms with Gasteiger partial charge in [-0.05, 0) is 24.3 Å². The third-order valence-corrected chi connectivity index (χ3v) is 3.04. The summed E-state index contributed by atoms with van der Waals surface area (Å²) < 4.78 is 44.9. The Morgan fingerprint density at radius 3 is 2.35 bits per heavy atom. The number of carbonyl (C=O) groups excluding carboxylic acids is 2. The average molecular weight is 332 g/mol. The first-order chi connectivity index (χ1) is 10.8. The molecule has 9 heteroatoms. The molecule has 0 bridgehead atoms. The van der Waals surface area contributed by atoms with Crippen LogP contribution in [0.4, 0.5) is 23.7 Å². The maximum atomic E-state index is 12.2. The van der Waals surface area contributed by atoms with Crippen LogP contribution in [0.2, 0.25) is 0 Å². The molecule has 2 rings (SSSR count). The highest BCUT2D eigenvalue weighted by Gasteiger charge is 2.29. The molecule has 1 N–H and O–H groups in total. The molecule has 1 aliphatic rings. The van der Waals surface area contributed by atoms with Crippen molar-refractivity contribution in [1.29, 1.82) is 0 Å². The fourth-order valence-electron chi connectivity index (χ4n) is 1.95. The summed E-state index contributed by atoms with van der Waals surface area (Å²) in [5.74, 6) is -0.167. The zero-order valence-corrected chi connectivity index (χ0v) is 12.1. The molecule has 23 heavy (non-hydrogen) atoms. The van der Waals surface area contributed by atoms with E-state index in [0.29, 0.717) is 31.9 Å². The summed E-state index contributed by atoms with van der Waals surface area (Å²) in [6.45, 7) is 0.310. The minimum absolute atomic E-state index is 0.167. The van der Waals surface area contributed by atoms with Crippen LogP contribution in [0.3, 0.4) is 0 Å². The lowest BCUT2D eigenvalue weighted by molar-refractivity contribution is -0.159. The molecule has 0 aromatic heterocycles. The fraction of sp³-hybridized carbons (Fsp3) is 0.429. The highest BCUT2D eigenvalue weighted by molar-refractivity contribution is 5.95. The average Bonchev–Trinajstić information content (AvgIpc) is 2.53. The Morgan fingerprint density at radius 2 is 1.78 bits per heavy atom. The number of alkyl halides is 3. The van der Waals surface area contributed by atoms with E-state index in [-0.39, 0.29) is 11.6 Å². The van der Waals surface area contributed by atoms with E-state index in [9.17, 15) is 22.8 Å². The number of hydrogen-bond donors (Lipinski definition) is 1. The van der Waals surface area contributed by atoms with Crippen molar-refractivity contribution >= 4 is 17.7 Å². The van der Waals surface area contributed by atoms with Gasteiger partial charge in [-0.2, -0.15) is 13.2 Å². The first-order valence-corrected chi connectivity index (χ1v) is 6.83. The molecule has 0 saturated carbocycles. The van der Waals surface area contributed by atoms with E-state index < -0.39 is 18.9 Å². The molecule has 0 aliphatic carbocycles. The van der Waals surface area contributed by atoms with E-state index in [0.717, 1.165) is 0 Å². The van der Waals surface area contributed by atoms with Crippen molar-refractivity contribution in [1.82, 2.24) is 4.90 Å². The minimum Gasteiger partial charge on any atom is -0.440 e. The summed E-state index contributed by atoms with van der Waals surface area (Å²) in [6.07, 6.45) is -5.79. The molecule has 2 amide bonds. The van der Waals surface area contributed by atoms with Crippen LogP contribution in [0.25, 0.3) is 0 Å². The molecule has 1 saturated heterocycles. The third kappa shape index (κ3) is 5.44. The fourth-order valence-corrected chi connectivity index (χ4v) is 1.95. The Hall–Kier alpha value is -2.29. The lowest BCUT2D eigenvalue weighted by Crippen LogP contribution is -2.40. The summed E-state index contributed by atoms with van der Waals surface area (Å²) in [7, 11) is 0. The number of amides is 2. The standard InChI is InChI=1S/C14H15F3N2O4/c15-14(16,17)9-23-13(21)18-11-3-1-10(2-4-11)12(20)19-5-7-22-8-6-19/h1-4H,5-9H2,(H,18,21). The van der Waals surface area contributed by atoms with Gasteiger partial charge in [-0.3, -0.25) is 10.1 Å². The molecular formula is C14H15F3N2O4. The number of nitrogens with one attached hydrogen (secondary N) is 1. The Morgan fingerprint density at radius 1 is 1.17 bits per heavy atom. The Balaban J connectivity index is 1.88. The molecular weight excluding hydrogens is 317 g/mol. The summed E-state index contributed by atoms with van der Waals surface area (Å²) in [5, 5.41) is 2.15. The van der Waals surface area contributed by atoms with E-state index in [1.165, 1.54) is 24.3 Å². The molecule has 0 atom stereocenters. The number of anilines is 1. The maximum absolute atomic E-state index is 12.2. The predicted molar refractivity (Wildman–Crippen MR) is 74.2 cm³/mol. The molecule has 1 heterocycles. The quantitative estimate of drug-likeness (QED) is 0.922. The molecule has 6 nitrogen and oxygen atoms in total. The maximum Gasteiger partial charge on any atom is 0.422 e. The van der Waals surface area contributed by atoms with Gasteiger partial charge in [0.1, 0.15) is 0 Å². The normalized spacial score (nSPS) is 15.2. The second kappa shape index (κ2) is 7.32. The zero-order valence-electron chi connectivity index (χ0n) is 12.1. The second-order valence-corrected chi connectivity index (χ2v) is 4.80. The first kappa shape index (κ1) is 17.1. The van der Waals surface area contributed by atoms with Gasteiger partial charge in [0.15, 0.2) is 6.61 Å². The number of rotatable bonds is 3. The van der Waals surface area contributed by atoms with Crippen LogP contribution in [0.5, 0.6) is 0 Å². The lowest BCUT2D eigenvalue weighted by atomic mass is 10.1. The summed E-state index contributed by atoms with van der Waals surface area (Å²) in [4.78, 5) is 25.0. The van der Waals surface area contributed by atoms with Gasteiger partial charge in [-0.25, -0.2) is 4.79 Å². The van der Waals surface area contributed by atoms with Crippen molar-refractivity contribution in [3.8, 4) is 0 Å². The molecule has 1 aliphatic heterocycles. The topological polar surface area (TPSA) is 67.9 Å². The van der Waals surface area contributed by atoms with E-state index in [2.05, 4.69) is 10.1 Å². The van der Waals surface area contributed by atoms with Crippen molar-refractivity contribution in [2.45, 2.75) is 6.18 Å². The van der Waals surface area contributed by atoms with Gasteiger partial charge in [0.2, 0.25) is 0 Å². The van der Waals surface area contributed by atoms with Gasteiger partial charge in [0, 0.05) is 24.3 Å². The number of nitrogens with zero attached hydrogens (tertiary/aromatic N) is 1. The van der Waals surface area contributed by atoms with E-state index >= 15 is 0 Å². The van der Waals surface area contributed by atoms with Crippen molar-refractivity contribution in [2.24, 2.45) is 0 Å². The Bertz CT molecular complexity index is 554. The highest BCUT2D eigenvalue weighted by Crippen LogP contribution is 2.16. The summed E-state index contributed by atoms with van der Waals surface area (Å²) in [5.41, 5.74) is 0.650. The van der Waals surface area contributed by atoms with Crippen LogP contribution in [0, 0.1) is 0 Å². The number of carbonyl (C=O) groups is 2. The van der Waals surface area contributed by atoms with Crippen LogP contribution >= 0.6 is 0 Å². The van der Waals surface area contributed by atoms with Gasteiger partial charge >= 0.3 is 12.3 Å². The third-order valence-electron chi connectivity index (χ3n) is 3.04. The SMILES string of the molecule is O=C(Nc1ccc(C(=O)N2CCOCC2)cc1)OCC(F)(F)F. The molecule has 0 unspecified atom stereocenters. The molecule has 1 fully saturated rings. The van der Waals surface area contributed by atoms with Gasteiger partial charge < -0.3 is 14.4 Å². The van der Waals surface area contributed by atoms with Crippen molar-refractivity contribution in [3.05, 3.63) is 29.8 Å². The number of benzene rings is 1. The van der Waals surface area contributed by atoms with Gasteiger partial charge in [0.05, 0.1) is 13.2 Å². The van der Waals surface area contributed by atoms with Crippen LogP contribution in [0.1, 0.15) is 10.4 Å². The van der Waals surface area contributed by atoms with Gasteiger partial charge in [-0.1, -0.05) is 0 Å². The smallest absolute Gasteiger partial charge is 0.422 e. The Kier molecular flexibility index (Phi) is 5.43. The van der Waals surface area contributed by atoms with Gasteiger partial charge in [0.25, 0.3) is 5.91 Å². The van der Waals surface area contributed by atoms with Crippen LogP contribution in [-0.4, -0.2) is 56.0 Å². The van der Waals surface area contributed by atoms with E-state index in [1.807, 2.05) is 0 Å². The number of hydrogen-bond acceptors (Lipinski definition) is 4. The largest absolute Gasteiger partial charge is 0.440 e.